The Morgan fingerprint density at radius 2 is 1.52 bits per heavy atom. The van der Waals surface area contributed by atoms with E-state index in [0.29, 0.717) is 12.0 Å². The molecule has 0 spiro atoms. The first kappa shape index (κ1) is 23.0. The minimum atomic E-state index is -2.01. The van der Waals surface area contributed by atoms with Crippen LogP contribution in [0.4, 0.5) is 5.69 Å². The van der Waals surface area contributed by atoms with Crippen molar-refractivity contribution in [3.05, 3.63) is 75.8 Å². The van der Waals surface area contributed by atoms with Gasteiger partial charge in [-0.3, -0.25) is 14.9 Å². The SMILES string of the molecule is CC[C@H](C(=O)c1ccccc1)[C@H](O[Si](CC)(CC)CC)c1ccc([N+](=O)[O-])cc1. The first-order chi connectivity index (χ1) is 13.9. The highest BCUT2D eigenvalue weighted by molar-refractivity contribution is 6.73. The lowest BCUT2D eigenvalue weighted by Crippen LogP contribution is -2.40. The third-order valence-corrected chi connectivity index (χ3v) is 10.6. The van der Waals surface area contributed by atoms with Crippen LogP contribution >= 0.6 is 0 Å². The van der Waals surface area contributed by atoms with E-state index in [0.717, 1.165) is 23.7 Å². The Labute approximate surface area is 174 Å². The molecule has 0 aliphatic heterocycles. The maximum absolute atomic E-state index is 13.3. The average Bonchev–Trinajstić information content (AvgIpc) is 2.77. The Hall–Kier alpha value is -2.31. The van der Waals surface area contributed by atoms with Gasteiger partial charge >= 0.3 is 0 Å². The number of nitrogens with zero attached hydrogens (tertiary/aromatic N) is 1. The summed E-state index contributed by atoms with van der Waals surface area (Å²) in [5.41, 5.74) is 1.55. The maximum Gasteiger partial charge on any atom is 0.269 e. The molecule has 6 heteroatoms. The van der Waals surface area contributed by atoms with Crippen molar-refractivity contribution in [3.8, 4) is 0 Å². The van der Waals surface area contributed by atoms with Crippen molar-refractivity contribution in [2.45, 2.75) is 58.4 Å². The van der Waals surface area contributed by atoms with Crippen molar-refractivity contribution >= 4 is 19.8 Å². The van der Waals surface area contributed by atoms with Gasteiger partial charge in [-0.1, -0.05) is 58.0 Å². The van der Waals surface area contributed by atoms with Crippen LogP contribution in [0.2, 0.25) is 18.1 Å². The second-order valence-corrected chi connectivity index (χ2v) is 12.1. The predicted molar refractivity (Wildman–Crippen MR) is 119 cm³/mol. The lowest BCUT2D eigenvalue weighted by atomic mass is 9.87. The molecule has 0 aromatic heterocycles. The Balaban J connectivity index is 2.49. The third-order valence-electron chi connectivity index (χ3n) is 5.94. The zero-order chi connectivity index (χ0) is 21.4. The fourth-order valence-corrected chi connectivity index (χ4v) is 6.63. The topological polar surface area (TPSA) is 69.4 Å². The van der Waals surface area contributed by atoms with E-state index < -0.39 is 19.3 Å². The summed E-state index contributed by atoms with van der Waals surface area (Å²) in [6.07, 6.45) is 0.233. The van der Waals surface area contributed by atoms with E-state index in [1.807, 2.05) is 37.3 Å². The zero-order valence-corrected chi connectivity index (χ0v) is 18.8. The van der Waals surface area contributed by atoms with E-state index in [4.69, 9.17) is 4.43 Å². The number of rotatable bonds is 11. The molecule has 0 fully saturated rings. The Bertz CT molecular complexity index is 795. The van der Waals surface area contributed by atoms with Crippen molar-refractivity contribution in [1.82, 2.24) is 0 Å². The van der Waals surface area contributed by atoms with Gasteiger partial charge in [-0.2, -0.15) is 0 Å². The van der Waals surface area contributed by atoms with Gasteiger partial charge in [0.25, 0.3) is 5.69 Å². The van der Waals surface area contributed by atoms with E-state index >= 15 is 0 Å². The summed E-state index contributed by atoms with van der Waals surface area (Å²) in [5.74, 6) is -0.280. The van der Waals surface area contributed by atoms with Crippen LogP contribution < -0.4 is 0 Å². The number of benzene rings is 2. The molecule has 2 aromatic carbocycles. The number of non-ortho nitro benzene ring substituents is 1. The summed E-state index contributed by atoms with van der Waals surface area (Å²) in [6, 6.07) is 18.7. The third kappa shape index (κ3) is 5.39. The summed E-state index contributed by atoms with van der Waals surface area (Å²) >= 11 is 0. The number of ketones is 1. The zero-order valence-electron chi connectivity index (χ0n) is 17.8. The first-order valence-electron chi connectivity index (χ1n) is 10.4. The number of hydrogen-bond donors (Lipinski definition) is 0. The van der Waals surface area contributed by atoms with E-state index in [1.165, 1.54) is 12.1 Å². The average molecular weight is 414 g/mol. The molecule has 0 bridgehead atoms. The molecule has 0 saturated heterocycles. The molecule has 0 heterocycles. The minimum absolute atomic E-state index is 0.0416. The van der Waals surface area contributed by atoms with Gasteiger partial charge in [0, 0.05) is 17.7 Å². The minimum Gasteiger partial charge on any atom is -0.409 e. The number of hydrogen-bond acceptors (Lipinski definition) is 4. The van der Waals surface area contributed by atoms with E-state index in [1.54, 1.807) is 12.1 Å². The van der Waals surface area contributed by atoms with Gasteiger partial charge in [-0.25, -0.2) is 0 Å². The van der Waals surface area contributed by atoms with Crippen LogP contribution in [-0.2, 0) is 4.43 Å². The van der Waals surface area contributed by atoms with Crippen LogP contribution in [0.15, 0.2) is 54.6 Å². The van der Waals surface area contributed by atoms with Crippen molar-refractivity contribution in [2.75, 3.05) is 0 Å². The van der Waals surface area contributed by atoms with Gasteiger partial charge in [0.1, 0.15) is 0 Å². The van der Waals surface area contributed by atoms with Crippen LogP contribution in [0.25, 0.3) is 0 Å². The standard InChI is InChI=1S/C23H31NO4Si/c1-5-21(22(25)18-12-10-9-11-13-18)23(28-29(6-2,7-3)8-4)19-14-16-20(17-15-19)24(26)27/h9-17,21,23H,5-8H2,1-4H3/t21-,23-/m1/s1. The molecule has 0 aliphatic carbocycles. The van der Waals surface area contributed by atoms with Gasteiger partial charge in [-0.15, -0.1) is 0 Å². The predicted octanol–water partition coefficient (Wildman–Crippen LogP) is 6.57. The summed E-state index contributed by atoms with van der Waals surface area (Å²) in [4.78, 5) is 24.0. The molecule has 5 nitrogen and oxygen atoms in total. The van der Waals surface area contributed by atoms with Crippen LogP contribution in [0, 0.1) is 16.0 Å². The summed E-state index contributed by atoms with van der Waals surface area (Å²) < 4.78 is 6.82. The number of nitro groups is 1. The normalized spacial score (nSPS) is 13.7. The summed E-state index contributed by atoms with van der Waals surface area (Å²) in [5, 5.41) is 11.1. The monoisotopic (exact) mass is 413 g/mol. The first-order valence-corrected chi connectivity index (χ1v) is 13.0. The molecule has 0 radical (unpaired) electrons. The summed E-state index contributed by atoms with van der Waals surface area (Å²) in [7, 11) is -2.01. The van der Waals surface area contributed by atoms with Gasteiger partial charge in [0.15, 0.2) is 14.1 Å². The van der Waals surface area contributed by atoms with Crippen molar-refractivity contribution in [3.63, 3.8) is 0 Å². The fourth-order valence-electron chi connectivity index (χ4n) is 3.79. The van der Waals surface area contributed by atoms with E-state index in [2.05, 4.69) is 20.8 Å². The molecule has 156 valence electrons. The quantitative estimate of drug-likeness (QED) is 0.181. The van der Waals surface area contributed by atoms with E-state index in [-0.39, 0.29) is 17.4 Å². The largest absolute Gasteiger partial charge is 0.409 e. The molecule has 2 aromatic rings. The molecule has 0 saturated carbocycles. The van der Waals surface area contributed by atoms with Crippen molar-refractivity contribution in [1.29, 1.82) is 0 Å². The molecular formula is C23H31NO4Si. The highest BCUT2D eigenvalue weighted by Crippen LogP contribution is 2.37. The Morgan fingerprint density at radius 3 is 1.97 bits per heavy atom. The number of carbonyl (C=O) groups excluding carboxylic acids is 1. The van der Waals surface area contributed by atoms with Crippen LogP contribution in [0.3, 0.4) is 0 Å². The van der Waals surface area contributed by atoms with Crippen LogP contribution in [-0.4, -0.2) is 19.0 Å². The molecule has 29 heavy (non-hydrogen) atoms. The number of carbonyl (C=O) groups is 1. The molecule has 0 amide bonds. The second kappa shape index (κ2) is 10.5. The van der Waals surface area contributed by atoms with Crippen molar-refractivity contribution in [2.24, 2.45) is 5.92 Å². The van der Waals surface area contributed by atoms with Gasteiger partial charge in [0.2, 0.25) is 0 Å². The molecule has 0 unspecified atom stereocenters. The number of Topliss-reactive ketones (excluding diaryl/α,β-unsaturated/α-hetero) is 1. The number of nitro benzene ring substituents is 1. The fraction of sp³-hybridized carbons (Fsp3) is 0.435. The smallest absolute Gasteiger partial charge is 0.269 e. The highest BCUT2D eigenvalue weighted by atomic mass is 28.4. The summed E-state index contributed by atoms with van der Waals surface area (Å²) in [6.45, 7) is 8.48. The van der Waals surface area contributed by atoms with Crippen LogP contribution in [0.1, 0.15) is 56.1 Å². The molecule has 0 N–H and O–H groups in total. The van der Waals surface area contributed by atoms with Crippen molar-refractivity contribution < 1.29 is 14.1 Å². The Kier molecular flexibility index (Phi) is 8.28. The second-order valence-electron chi connectivity index (χ2n) is 7.38. The van der Waals surface area contributed by atoms with Gasteiger partial charge in [-0.05, 0) is 42.2 Å². The molecule has 2 atom stereocenters. The highest BCUT2D eigenvalue weighted by Gasteiger charge is 2.38. The lowest BCUT2D eigenvalue weighted by Gasteiger charge is -2.36. The van der Waals surface area contributed by atoms with Gasteiger partial charge < -0.3 is 4.43 Å². The van der Waals surface area contributed by atoms with Crippen LogP contribution in [0.5, 0.6) is 0 Å². The molecule has 0 aliphatic rings. The molecule has 2 rings (SSSR count). The Morgan fingerprint density at radius 1 is 0.966 bits per heavy atom. The van der Waals surface area contributed by atoms with E-state index in [9.17, 15) is 14.9 Å². The lowest BCUT2D eigenvalue weighted by molar-refractivity contribution is -0.384. The van der Waals surface area contributed by atoms with Gasteiger partial charge in [0.05, 0.1) is 16.9 Å². The molecular weight excluding hydrogens is 382 g/mol. The maximum atomic E-state index is 13.3.